The van der Waals surface area contributed by atoms with E-state index in [1.54, 1.807) is 13.2 Å². The molecule has 0 saturated heterocycles. The molecule has 0 bridgehead atoms. The Morgan fingerprint density at radius 1 is 0.867 bits per heavy atom. The van der Waals surface area contributed by atoms with Crippen LogP contribution in [0.1, 0.15) is 33.4 Å². The molecule has 0 aliphatic rings. The van der Waals surface area contributed by atoms with Gasteiger partial charge in [0.15, 0.2) is 11.6 Å². The van der Waals surface area contributed by atoms with Gasteiger partial charge in [0.1, 0.15) is 0 Å². The van der Waals surface area contributed by atoms with Crippen LogP contribution in [0.25, 0.3) is 10.8 Å². The third-order valence-corrected chi connectivity index (χ3v) is 5.19. The molecule has 0 amide bonds. The van der Waals surface area contributed by atoms with E-state index in [1.165, 1.54) is 0 Å². The Morgan fingerprint density at radius 3 is 1.97 bits per heavy atom. The van der Waals surface area contributed by atoms with Gasteiger partial charge >= 0.3 is 0 Å². The largest absolute Gasteiger partial charge is 0.384 e. The van der Waals surface area contributed by atoms with Crippen LogP contribution in [0.2, 0.25) is 0 Å². The Kier molecular flexibility index (Phi) is 7.35. The minimum atomic E-state index is -2.05. The average molecular weight is 528 g/mol. The lowest BCUT2D eigenvalue weighted by molar-refractivity contribution is 0.103. The molecule has 0 saturated carbocycles. The summed E-state index contributed by atoms with van der Waals surface area (Å²) in [6.45, 7) is 0.546. The molecule has 5 nitrogen and oxygen atoms in total. The van der Waals surface area contributed by atoms with Gasteiger partial charge in [-0.25, -0.2) is 15.0 Å². The van der Waals surface area contributed by atoms with Crippen molar-refractivity contribution in [2.75, 3.05) is 13.7 Å². The number of ketones is 1. The average Bonchev–Trinajstić information content (AvgIpc) is 2.69. The molecule has 11 heteroatoms. The van der Waals surface area contributed by atoms with Crippen molar-refractivity contribution in [2.45, 2.75) is 14.0 Å². The Balaban J connectivity index is 2.17. The molecule has 30 heavy (non-hydrogen) atoms. The molecule has 0 aliphatic carbocycles. The zero-order valence-electron chi connectivity index (χ0n) is 15.3. The molecule has 3 rings (SSSR count). The number of ether oxygens (including phenoxy) is 1. The first-order valence-electron chi connectivity index (χ1n) is 8.47. The van der Waals surface area contributed by atoms with Gasteiger partial charge in [0, 0.05) is 12.7 Å². The summed E-state index contributed by atoms with van der Waals surface area (Å²) >= 11 is 35.4. The van der Waals surface area contributed by atoms with Gasteiger partial charge in [0.2, 0.25) is 19.2 Å². The maximum absolute atomic E-state index is 13.3. The summed E-state index contributed by atoms with van der Waals surface area (Å²) in [5, 5.41) is 1.61. The summed E-state index contributed by atoms with van der Waals surface area (Å²) in [6.07, 6.45) is 0.687. The Labute approximate surface area is 202 Å². The van der Waals surface area contributed by atoms with Crippen LogP contribution in [-0.2, 0) is 18.7 Å². The molecule has 0 N–H and O–H groups in total. The third kappa shape index (κ3) is 5.28. The van der Waals surface area contributed by atoms with Crippen LogP contribution in [-0.4, -0.2) is 34.5 Å². The fourth-order valence-corrected chi connectivity index (χ4v) is 3.35. The monoisotopic (exact) mass is 525 g/mol. The van der Waals surface area contributed by atoms with Crippen molar-refractivity contribution < 1.29 is 9.53 Å². The number of fused-ring (bicyclic) bond motifs is 1. The molecule has 2 aromatic carbocycles. The molecule has 0 spiro atoms. The number of halogens is 6. The number of aromatic nitrogens is 3. The zero-order valence-corrected chi connectivity index (χ0v) is 19.8. The van der Waals surface area contributed by atoms with E-state index < -0.39 is 13.4 Å². The first-order valence-corrected chi connectivity index (χ1v) is 10.7. The normalized spacial score (nSPS) is 12.4. The first kappa shape index (κ1) is 23.7. The first-order chi connectivity index (χ1) is 14.0. The second-order valence-electron chi connectivity index (χ2n) is 6.19. The summed E-state index contributed by atoms with van der Waals surface area (Å²) in [5.74, 6) is -1.48. The number of methoxy groups -OCH3 is 1. The number of nitrogens with zero attached hydrogens (tertiary/aromatic N) is 3. The van der Waals surface area contributed by atoms with Gasteiger partial charge in [0.25, 0.3) is 0 Å². The smallest absolute Gasteiger partial charge is 0.250 e. The summed E-state index contributed by atoms with van der Waals surface area (Å²) in [6, 6.07) is 11.0. The molecule has 0 unspecified atom stereocenters. The van der Waals surface area contributed by atoms with Gasteiger partial charge in [-0.15, -0.1) is 0 Å². The van der Waals surface area contributed by atoms with E-state index in [2.05, 4.69) is 15.0 Å². The lowest BCUT2D eigenvalue weighted by atomic mass is 9.95. The van der Waals surface area contributed by atoms with Gasteiger partial charge in [0.05, 0.1) is 6.61 Å². The van der Waals surface area contributed by atoms with E-state index in [0.29, 0.717) is 24.0 Å². The minimum Gasteiger partial charge on any atom is -0.384 e. The quantitative estimate of drug-likeness (QED) is 0.296. The number of hydrogen-bond acceptors (Lipinski definition) is 5. The van der Waals surface area contributed by atoms with Crippen molar-refractivity contribution in [1.29, 1.82) is 0 Å². The van der Waals surface area contributed by atoms with E-state index in [1.807, 2.05) is 30.3 Å². The molecular weight excluding hydrogens is 515 g/mol. The SMILES string of the molecule is COCCc1ccc(C(=O)c2nc(C(Cl)(Cl)Cl)nc(C(Cl)(Cl)Cl)n2)c2ccccc12. The van der Waals surface area contributed by atoms with Gasteiger partial charge in [-0.1, -0.05) is 99.9 Å². The number of carbonyl (C=O) groups is 1. The Hall–Kier alpha value is -0.920. The number of benzene rings is 2. The van der Waals surface area contributed by atoms with Crippen LogP contribution in [0.5, 0.6) is 0 Å². The molecular formula is C19H13Cl6N3O2. The highest BCUT2D eigenvalue weighted by Gasteiger charge is 2.35. The van der Waals surface area contributed by atoms with Gasteiger partial charge in [-0.3, -0.25) is 4.79 Å². The van der Waals surface area contributed by atoms with Crippen LogP contribution < -0.4 is 0 Å². The number of hydrogen-bond donors (Lipinski definition) is 0. The summed E-state index contributed by atoms with van der Waals surface area (Å²) in [7, 11) is 1.63. The predicted molar refractivity (Wildman–Crippen MR) is 121 cm³/mol. The van der Waals surface area contributed by atoms with Crippen molar-refractivity contribution in [1.82, 2.24) is 15.0 Å². The van der Waals surface area contributed by atoms with E-state index in [9.17, 15) is 4.79 Å². The second-order valence-corrected chi connectivity index (χ2v) is 10.8. The summed E-state index contributed by atoms with van der Waals surface area (Å²) in [5.41, 5.74) is 1.38. The van der Waals surface area contributed by atoms with Crippen molar-refractivity contribution in [3.8, 4) is 0 Å². The lowest BCUT2D eigenvalue weighted by Gasteiger charge is -2.16. The van der Waals surface area contributed by atoms with Crippen molar-refractivity contribution in [3.05, 3.63) is 65.0 Å². The van der Waals surface area contributed by atoms with E-state index in [4.69, 9.17) is 74.3 Å². The second kappa shape index (κ2) is 9.29. The van der Waals surface area contributed by atoms with Crippen LogP contribution in [0.15, 0.2) is 36.4 Å². The number of rotatable bonds is 5. The molecule has 1 heterocycles. The van der Waals surface area contributed by atoms with E-state index in [0.717, 1.165) is 10.9 Å². The van der Waals surface area contributed by atoms with Gasteiger partial charge in [-0.2, -0.15) is 0 Å². The van der Waals surface area contributed by atoms with E-state index >= 15 is 0 Å². The highest BCUT2D eigenvalue weighted by molar-refractivity contribution is 6.67. The molecule has 0 fully saturated rings. The molecule has 0 aliphatic heterocycles. The predicted octanol–water partition coefficient (Wildman–Crippen LogP) is 6.10. The molecule has 158 valence electrons. The maximum atomic E-state index is 13.3. The highest BCUT2D eigenvalue weighted by Crippen LogP contribution is 2.40. The van der Waals surface area contributed by atoms with Crippen LogP contribution in [0, 0.1) is 0 Å². The highest BCUT2D eigenvalue weighted by atomic mass is 35.6. The zero-order chi connectivity index (χ0) is 22.1. The van der Waals surface area contributed by atoms with Crippen LogP contribution in [0.3, 0.4) is 0 Å². The van der Waals surface area contributed by atoms with Gasteiger partial charge in [-0.05, 0) is 28.8 Å². The van der Waals surface area contributed by atoms with Crippen LogP contribution >= 0.6 is 69.6 Å². The van der Waals surface area contributed by atoms with Gasteiger partial charge < -0.3 is 4.74 Å². The maximum Gasteiger partial charge on any atom is 0.250 e. The molecule has 3 aromatic rings. The third-order valence-electron chi connectivity index (χ3n) is 4.18. The van der Waals surface area contributed by atoms with Crippen LogP contribution in [0.4, 0.5) is 0 Å². The standard InChI is InChI=1S/C19H13Cl6N3O2/c1-30-9-8-10-6-7-13(12-5-3-2-4-11(10)12)14(29)15-26-16(18(20,21)22)28-17(27-15)19(23,24)25/h2-7H,8-9H2,1H3. The number of alkyl halides is 6. The Bertz CT molecular complexity index is 1060. The minimum absolute atomic E-state index is 0.303. The molecule has 0 atom stereocenters. The fraction of sp³-hybridized carbons (Fsp3) is 0.263. The summed E-state index contributed by atoms with van der Waals surface area (Å²) < 4.78 is 1.07. The lowest BCUT2D eigenvalue weighted by Crippen LogP contribution is -2.21. The summed E-state index contributed by atoms with van der Waals surface area (Å²) in [4.78, 5) is 25.2. The molecule has 1 aromatic heterocycles. The van der Waals surface area contributed by atoms with Crippen molar-refractivity contribution >= 4 is 86.2 Å². The van der Waals surface area contributed by atoms with E-state index in [-0.39, 0.29) is 17.5 Å². The number of carbonyl (C=O) groups excluding carboxylic acids is 1. The Morgan fingerprint density at radius 2 is 1.43 bits per heavy atom. The molecule has 0 radical (unpaired) electrons. The van der Waals surface area contributed by atoms with Crippen molar-refractivity contribution in [3.63, 3.8) is 0 Å². The topological polar surface area (TPSA) is 65.0 Å². The fourth-order valence-electron chi connectivity index (χ4n) is 2.84. The van der Waals surface area contributed by atoms with Crippen molar-refractivity contribution in [2.24, 2.45) is 0 Å².